The summed E-state index contributed by atoms with van der Waals surface area (Å²) in [6, 6.07) is 5.10. The molecule has 0 aromatic heterocycles. The van der Waals surface area contributed by atoms with Crippen molar-refractivity contribution >= 4 is 17.3 Å². The van der Waals surface area contributed by atoms with Gasteiger partial charge in [0.1, 0.15) is 0 Å². The molecule has 1 saturated carbocycles. The summed E-state index contributed by atoms with van der Waals surface area (Å²) in [5.74, 6) is -0.427. The van der Waals surface area contributed by atoms with E-state index in [-0.39, 0.29) is 0 Å². The molecule has 4 heteroatoms. The topological polar surface area (TPSA) is 81.1 Å². The maximum Gasteiger partial charge on any atom is 0.250 e. The summed E-state index contributed by atoms with van der Waals surface area (Å²) >= 11 is 0. The monoisotopic (exact) mass is 219 g/mol. The van der Waals surface area contributed by atoms with Gasteiger partial charge in [0, 0.05) is 17.9 Å². The zero-order valence-electron chi connectivity index (χ0n) is 9.42. The SMILES string of the molecule is CC1(CNc2cc(N)ccc2C(N)=O)CC1. The van der Waals surface area contributed by atoms with E-state index in [4.69, 9.17) is 11.5 Å². The lowest BCUT2D eigenvalue weighted by molar-refractivity contribution is 0.100. The first kappa shape index (κ1) is 10.8. The van der Waals surface area contributed by atoms with Crippen LogP contribution in [0.5, 0.6) is 0 Å². The Morgan fingerprint density at radius 2 is 2.19 bits per heavy atom. The number of benzene rings is 1. The van der Waals surface area contributed by atoms with Gasteiger partial charge in [-0.3, -0.25) is 4.79 Å². The number of nitrogens with one attached hydrogen (secondary N) is 1. The second kappa shape index (κ2) is 3.70. The van der Waals surface area contributed by atoms with Crippen molar-refractivity contribution < 1.29 is 4.79 Å². The summed E-state index contributed by atoms with van der Waals surface area (Å²) < 4.78 is 0. The molecule has 0 heterocycles. The Labute approximate surface area is 95.0 Å². The lowest BCUT2D eigenvalue weighted by Gasteiger charge is -2.14. The van der Waals surface area contributed by atoms with Crippen molar-refractivity contribution in [3.8, 4) is 0 Å². The first-order chi connectivity index (χ1) is 7.50. The first-order valence-electron chi connectivity index (χ1n) is 5.43. The number of anilines is 2. The second-order valence-corrected chi connectivity index (χ2v) is 4.83. The van der Waals surface area contributed by atoms with Crippen LogP contribution in [0.3, 0.4) is 0 Å². The third-order valence-corrected chi connectivity index (χ3v) is 3.12. The van der Waals surface area contributed by atoms with Crippen LogP contribution in [0.25, 0.3) is 0 Å². The minimum absolute atomic E-state index is 0.375. The summed E-state index contributed by atoms with van der Waals surface area (Å²) in [7, 11) is 0. The molecular weight excluding hydrogens is 202 g/mol. The van der Waals surface area contributed by atoms with Crippen LogP contribution in [0.4, 0.5) is 11.4 Å². The van der Waals surface area contributed by atoms with Gasteiger partial charge in [-0.05, 0) is 36.5 Å². The van der Waals surface area contributed by atoms with Crippen LogP contribution in [-0.2, 0) is 0 Å². The van der Waals surface area contributed by atoms with Gasteiger partial charge in [-0.2, -0.15) is 0 Å². The molecule has 1 amide bonds. The maximum absolute atomic E-state index is 11.2. The Morgan fingerprint density at radius 3 is 2.75 bits per heavy atom. The first-order valence-corrected chi connectivity index (χ1v) is 5.43. The average Bonchev–Trinajstić information content (AvgIpc) is 2.94. The number of nitrogens with two attached hydrogens (primary N) is 2. The summed E-state index contributed by atoms with van der Waals surface area (Å²) in [5.41, 5.74) is 13.2. The predicted molar refractivity (Wildman–Crippen MR) is 65.2 cm³/mol. The van der Waals surface area contributed by atoms with Gasteiger partial charge in [0.25, 0.3) is 5.91 Å². The normalized spacial score (nSPS) is 16.8. The molecular formula is C12H17N3O. The number of rotatable bonds is 4. The summed E-state index contributed by atoms with van der Waals surface area (Å²) in [5, 5.41) is 3.26. The molecule has 86 valence electrons. The fourth-order valence-corrected chi connectivity index (χ4v) is 1.62. The molecule has 0 radical (unpaired) electrons. The number of primary amides is 1. The van der Waals surface area contributed by atoms with Crippen molar-refractivity contribution in [1.29, 1.82) is 0 Å². The lowest BCUT2D eigenvalue weighted by atomic mass is 10.1. The molecule has 0 saturated heterocycles. The molecule has 0 bridgehead atoms. The molecule has 1 aromatic carbocycles. The molecule has 1 fully saturated rings. The van der Waals surface area contributed by atoms with Crippen molar-refractivity contribution in [1.82, 2.24) is 0 Å². The lowest BCUT2D eigenvalue weighted by Crippen LogP contribution is -2.18. The molecule has 0 spiro atoms. The Balaban J connectivity index is 2.16. The largest absolute Gasteiger partial charge is 0.399 e. The van der Waals surface area contributed by atoms with Crippen molar-refractivity contribution in [2.75, 3.05) is 17.6 Å². The van der Waals surface area contributed by atoms with Crippen molar-refractivity contribution in [2.24, 2.45) is 11.1 Å². The second-order valence-electron chi connectivity index (χ2n) is 4.83. The molecule has 1 aliphatic rings. The number of carbonyl (C=O) groups is 1. The quantitative estimate of drug-likeness (QED) is 0.672. The van der Waals surface area contributed by atoms with Crippen LogP contribution in [0.15, 0.2) is 18.2 Å². The highest BCUT2D eigenvalue weighted by molar-refractivity contribution is 5.99. The van der Waals surface area contributed by atoms with Gasteiger partial charge in [0.2, 0.25) is 0 Å². The third-order valence-electron chi connectivity index (χ3n) is 3.12. The zero-order chi connectivity index (χ0) is 11.8. The molecule has 2 rings (SSSR count). The zero-order valence-corrected chi connectivity index (χ0v) is 9.42. The van der Waals surface area contributed by atoms with Crippen LogP contribution < -0.4 is 16.8 Å². The van der Waals surface area contributed by atoms with E-state index in [1.165, 1.54) is 12.8 Å². The Morgan fingerprint density at radius 1 is 1.50 bits per heavy atom. The van der Waals surface area contributed by atoms with E-state index in [2.05, 4.69) is 12.2 Å². The predicted octanol–water partition coefficient (Wildman–Crippen LogP) is 1.58. The summed E-state index contributed by atoms with van der Waals surface area (Å²) in [4.78, 5) is 11.2. The number of hydrogen-bond acceptors (Lipinski definition) is 3. The Kier molecular flexibility index (Phi) is 2.50. The number of hydrogen-bond donors (Lipinski definition) is 3. The maximum atomic E-state index is 11.2. The molecule has 1 aromatic rings. The van der Waals surface area contributed by atoms with E-state index in [0.29, 0.717) is 16.7 Å². The van der Waals surface area contributed by atoms with Gasteiger partial charge in [-0.25, -0.2) is 0 Å². The number of amides is 1. The smallest absolute Gasteiger partial charge is 0.250 e. The third kappa shape index (κ3) is 2.27. The number of carbonyl (C=O) groups excluding carboxylic acids is 1. The fraction of sp³-hybridized carbons (Fsp3) is 0.417. The molecule has 5 N–H and O–H groups in total. The summed E-state index contributed by atoms with van der Waals surface area (Å²) in [6.45, 7) is 3.08. The van der Waals surface area contributed by atoms with Crippen molar-refractivity contribution in [3.63, 3.8) is 0 Å². The van der Waals surface area contributed by atoms with Crippen LogP contribution >= 0.6 is 0 Å². The molecule has 0 atom stereocenters. The van der Waals surface area contributed by atoms with Crippen LogP contribution in [0.2, 0.25) is 0 Å². The van der Waals surface area contributed by atoms with Gasteiger partial charge in [-0.1, -0.05) is 6.92 Å². The van der Waals surface area contributed by atoms with E-state index in [0.717, 1.165) is 12.2 Å². The van der Waals surface area contributed by atoms with Gasteiger partial charge < -0.3 is 16.8 Å². The van der Waals surface area contributed by atoms with Crippen LogP contribution in [0.1, 0.15) is 30.1 Å². The van der Waals surface area contributed by atoms with E-state index in [1.807, 2.05) is 0 Å². The molecule has 16 heavy (non-hydrogen) atoms. The molecule has 1 aliphatic carbocycles. The van der Waals surface area contributed by atoms with E-state index in [1.54, 1.807) is 18.2 Å². The molecule has 0 unspecified atom stereocenters. The van der Waals surface area contributed by atoms with Gasteiger partial charge >= 0.3 is 0 Å². The van der Waals surface area contributed by atoms with Gasteiger partial charge in [0.05, 0.1) is 5.56 Å². The fourth-order valence-electron chi connectivity index (χ4n) is 1.62. The van der Waals surface area contributed by atoms with Gasteiger partial charge in [0.15, 0.2) is 0 Å². The average molecular weight is 219 g/mol. The van der Waals surface area contributed by atoms with E-state index >= 15 is 0 Å². The highest BCUT2D eigenvalue weighted by atomic mass is 16.1. The molecule has 4 nitrogen and oxygen atoms in total. The van der Waals surface area contributed by atoms with E-state index in [9.17, 15) is 4.79 Å². The molecule has 0 aliphatic heterocycles. The highest BCUT2D eigenvalue weighted by Crippen LogP contribution is 2.44. The van der Waals surface area contributed by atoms with Crippen LogP contribution in [0, 0.1) is 5.41 Å². The minimum atomic E-state index is -0.427. The van der Waals surface area contributed by atoms with Crippen molar-refractivity contribution in [3.05, 3.63) is 23.8 Å². The minimum Gasteiger partial charge on any atom is -0.399 e. The Hall–Kier alpha value is -1.71. The highest BCUT2D eigenvalue weighted by Gasteiger charge is 2.36. The van der Waals surface area contributed by atoms with Crippen LogP contribution in [-0.4, -0.2) is 12.5 Å². The van der Waals surface area contributed by atoms with Crippen molar-refractivity contribution in [2.45, 2.75) is 19.8 Å². The summed E-state index contributed by atoms with van der Waals surface area (Å²) in [6.07, 6.45) is 2.46. The Bertz CT molecular complexity index is 424. The standard InChI is InChI=1S/C12H17N3O/c1-12(4-5-12)7-15-10-6-8(13)2-3-9(10)11(14)16/h2-3,6,15H,4-5,7,13H2,1H3,(H2,14,16). The van der Waals surface area contributed by atoms with Gasteiger partial charge in [-0.15, -0.1) is 0 Å². The number of nitrogen functional groups attached to an aromatic ring is 1. The van der Waals surface area contributed by atoms with E-state index < -0.39 is 5.91 Å².